The van der Waals surface area contributed by atoms with Crippen LogP contribution in [0, 0.1) is 0 Å². The first-order valence-electron chi connectivity index (χ1n) is 6.28. The van der Waals surface area contributed by atoms with Crippen molar-refractivity contribution in [1.29, 1.82) is 0 Å². The number of carboxylic acids is 1. The van der Waals surface area contributed by atoms with Gasteiger partial charge in [-0.3, -0.25) is 0 Å². The van der Waals surface area contributed by atoms with Crippen LogP contribution in [0.2, 0.25) is 0 Å². The van der Waals surface area contributed by atoms with Crippen LogP contribution in [0.25, 0.3) is 0 Å². The molecule has 0 unspecified atom stereocenters. The number of hydrogen-bond donors (Lipinski definition) is 1. The number of carboxylic acid groups (broad SMARTS) is 1. The first kappa shape index (κ1) is 15.3. The Morgan fingerprint density at radius 3 is 2.67 bits per heavy atom. The summed E-state index contributed by atoms with van der Waals surface area (Å²) in [4.78, 5) is 11.1. The fourth-order valence-corrected chi connectivity index (χ4v) is 3.13. The van der Waals surface area contributed by atoms with Gasteiger partial charge in [-0.05, 0) is 25.1 Å². The van der Waals surface area contributed by atoms with Gasteiger partial charge in [-0.2, -0.15) is 4.31 Å². The second-order valence-electron chi connectivity index (χ2n) is 4.49. The van der Waals surface area contributed by atoms with Crippen molar-refractivity contribution in [3.05, 3.63) is 42.1 Å². The molecule has 0 aliphatic heterocycles. The summed E-state index contributed by atoms with van der Waals surface area (Å²) < 4.78 is 32.5. The molecule has 0 saturated carbocycles. The Labute approximate surface area is 122 Å². The normalized spacial score (nSPS) is 12.0. The van der Waals surface area contributed by atoms with E-state index in [9.17, 15) is 13.2 Å². The van der Waals surface area contributed by atoms with E-state index in [1.165, 1.54) is 30.1 Å². The minimum Gasteiger partial charge on any atom is -0.477 e. The summed E-state index contributed by atoms with van der Waals surface area (Å²) in [5.74, 6) is -0.651. The summed E-state index contributed by atoms with van der Waals surface area (Å²) in [6, 6.07) is 4.51. The molecular formula is C13H16N2O5S. The quantitative estimate of drug-likeness (QED) is 0.875. The van der Waals surface area contributed by atoms with Gasteiger partial charge in [0.2, 0.25) is 10.0 Å². The van der Waals surface area contributed by atoms with Crippen LogP contribution in [0.15, 0.2) is 40.0 Å². The lowest BCUT2D eigenvalue weighted by Crippen LogP contribution is -2.26. The van der Waals surface area contributed by atoms with Crippen molar-refractivity contribution < 1.29 is 22.7 Å². The predicted octanol–water partition coefficient (Wildman–Crippen LogP) is 1.62. The van der Waals surface area contributed by atoms with Gasteiger partial charge < -0.3 is 14.1 Å². The van der Waals surface area contributed by atoms with E-state index in [1.807, 2.05) is 0 Å². The van der Waals surface area contributed by atoms with Crippen LogP contribution in [0.5, 0.6) is 0 Å². The molecule has 0 aliphatic carbocycles. The molecule has 1 N–H and O–H groups in total. The number of aromatic carboxylic acids is 1. The minimum atomic E-state index is -3.77. The summed E-state index contributed by atoms with van der Waals surface area (Å²) in [5, 5.41) is 9.08. The molecule has 0 aromatic carbocycles. The highest BCUT2D eigenvalue weighted by Crippen LogP contribution is 2.20. The molecule has 8 heteroatoms. The maximum absolute atomic E-state index is 12.4. The Balaban J connectivity index is 2.33. The van der Waals surface area contributed by atoms with Crippen LogP contribution in [-0.4, -0.2) is 35.4 Å². The fourth-order valence-electron chi connectivity index (χ4n) is 1.95. The molecule has 2 rings (SSSR count). The molecule has 114 valence electrons. The van der Waals surface area contributed by atoms with Gasteiger partial charge >= 0.3 is 5.97 Å². The van der Waals surface area contributed by atoms with Crippen molar-refractivity contribution in [2.24, 2.45) is 0 Å². The molecule has 0 bridgehead atoms. The molecule has 0 aliphatic rings. The molecule has 21 heavy (non-hydrogen) atoms. The van der Waals surface area contributed by atoms with Crippen LogP contribution >= 0.6 is 0 Å². The number of furan rings is 1. The number of hydrogen-bond acceptors (Lipinski definition) is 4. The summed E-state index contributed by atoms with van der Waals surface area (Å²) >= 11 is 0. The van der Waals surface area contributed by atoms with E-state index in [2.05, 4.69) is 0 Å². The minimum absolute atomic E-state index is 0.0455. The second kappa shape index (κ2) is 5.74. The number of carbonyl (C=O) groups is 1. The Morgan fingerprint density at radius 1 is 1.48 bits per heavy atom. The molecule has 2 aromatic heterocycles. The van der Waals surface area contributed by atoms with Gasteiger partial charge in [-0.15, -0.1) is 0 Å². The lowest BCUT2D eigenvalue weighted by molar-refractivity contribution is 0.0685. The molecule has 2 heterocycles. The summed E-state index contributed by atoms with van der Waals surface area (Å²) in [5.41, 5.74) is -0.0533. The Kier molecular flexibility index (Phi) is 4.19. The average Bonchev–Trinajstić information content (AvgIpc) is 3.06. The molecule has 0 atom stereocenters. The molecule has 0 radical (unpaired) electrons. The van der Waals surface area contributed by atoms with E-state index in [1.54, 1.807) is 19.1 Å². The van der Waals surface area contributed by atoms with Crippen LogP contribution in [0.1, 0.15) is 23.2 Å². The third kappa shape index (κ3) is 3.01. The van der Waals surface area contributed by atoms with E-state index in [0.29, 0.717) is 12.3 Å². The Morgan fingerprint density at radius 2 is 2.19 bits per heavy atom. The molecule has 0 amide bonds. The van der Waals surface area contributed by atoms with E-state index in [0.717, 1.165) is 4.31 Å². The monoisotopic (exact) mass is 312 g/mol. The zero-order valence-electron chi connectivity index (χ0n) is 11.7. The standard InChI is InChI=1S/C13H16N2O5S/c1-3-15-9-11(7-12(15)13(16)17)21(18,19)14(2)8-10-5-4-6-20-10/h4-7,9H,3,8H2,1-2H3,(H,16,17). The first-order valence-corrected chi connectivity index (χ1v) is 7.72. The third-order valence-corrected chi connectivity index (χ3v) is 4.87. The maximum atomic E-state index is 12.4. The topological polar surface area (TPSA) is 92.8 Å². The van der Waals surface area contributed by atoms with Gasteiger partial charge in [0, 0.05) is 19.8 Å². The molecule has 7 nitrogen and oxygen atoms in total. The van der Waals surface area contributed by atoms with Gasteiger partial charge in [0.1, 0.15) is 16.3 Å². The van der Waals surface area contributed by atoms with Gasteiger partial charge in [0.25, 0.3) is 0 Å². The molecule has 0 fully saturated rings. The zero-order valence-corrected chi connectivity index (χ0v) is 12.5. The average molecular weight is 312 g/mol. The highest BCUT2D eigenvalue weighted by Gasteiger charge is 2.25. The third-order valence-electron chi connectivity index (χ3n) is 3.10. The summed E-state index contributed by atoms with van der Waals surface area (Å²) in [6.45, 7) is 2.20. The first-order chi connectivity index (χ1) is 9.86. The van der Waals surface area contributed by atoms with E-state index < -0.39 is 16.0 Å². The SMILES string of the molecule is CCn1cc(S(=O)(=O)N(C)Cc2ccco2)cc1C(=O)O. The van der Waals surface area contributed by atoms with E-state index >= 15 is 0 Å². The van der Waals surface area contributed by atoms with Crippen molar-refractivity contribution in [3.63, 3.8) is 0 Å². The number of sulfonamides is 1. The van der Waals surface area contributed by atoms with Crippen molar-refractivity contribution >= 4 is 16.0 Å². The summed E-state index contributed by atoms with van der Waals surface area (Å²) in [7, 11) is -2.35. The van der Waals surface area contributed by atoms with Crippen LogP contribution < -0.4 is 0 Å². The maximum Gasteiger partial charge on any atom is 0.352 e. The van der Waals surface area contributed by atoms with Crippen LogP contribution in [0.3, 0.4) is 0 Å². The van der Waals surface area contributed by atoms with Gasteiger partial charge in [-0.1, -0.05) is 0 Å². The predicted molar refractivity (Wildman–Crippen MR) is 74.4 cm³/mol. The Bertz CT molecular complexity index is 731. The summed E-state index contributed by atoms with van der Waals surface area (Å²) in [6.07, 6.45) is 2.79. The van der Waals surface area contributed by atoms with E-state index in [-0.39, 0.29) is 17.1 Å². The zero-order chi connectivity index (χ0) is 15.6. The van der Waals surface area contributed by atoms with Gasteiger partial charge in [-0.25, -0.2) is 13.2 Å². The molecule has 2 aromatic rings. The highest BCUT2D eigenvalue weighted by molar-refractivity contribution is 7.89. The number of rotatable bonds is 6. The van der Waals surface area contributed by atoms with Gasteiger partial charge in [0.15, 0.2) is 0 Å². The van der Waals surface area contributed by atoms with Crippen LogP contribution in [0.4, 0.5) is 0 Å². The lowest BCUT2D eigenvalue weighted by atomic mass is 10.4. The van der Waals surface area contributed by atoms with Crippen molar-refractivity contribution in [2.45, 2.75) is 24.9 Å². The van der Waals surface area contributed by atoms with Crippen molar-refractivity contribution in [2.75, 3.05) is 7.05 Å². The fraction of sp³-hybridized carbons (Fsp3) is 0.308. The van der Waals surface area contributed by atoms with Crippen LogP contribution in [-0.2, 0) is 23.1 Å². The highest BCUT2D eigenvalue weighted by atomic mass is 32.2. The molecule has 0 saturated heterocycles. The smallest absolute Gasteiger partial charge is 0.352 e. The number of aryl methyl sites for hydroxylation is 1. The number of nitrogens with zero attached hydrogens (tertiary/aromatic N) is 2. The molecule has 0 spiro atoms. The van der Waals surface area contributed by atoms with Gasteiger partial charge in [0.05, 0.1) is 12.8 Å². The Hall–Kier alpha value is -2.06. The van der Waals surface area contributed by atoms with Crippen molar-refractivity contribution in [3.8, 4) is 0 Å². The largest absolute Gasteiger partial charge is 0.477 e. The lowest BCUT2D eigenvalue weighted by Gasteiger charge is -2.14. The molecular weight excluding hydrogens is 296 g/mol. The second-order valence-corrected chi connectivity index (χ2v) is 6.54. The van der Waals surface area contributed by atoms with E-state index in [4.69, 9.17) is 9.52 Å². The van der Waals surface area contributed by atoms with Crippen molar-refractivity contribution in [1.82, 2.24) is 8.87 Å². The number of aromatic nitrogens is 1.